The summed E-state index contributed by atoms with van der Waals surface area (Å²) in [5, 5.41) is 9.59. The van der Waals surface area contributed by atoms with Gasteiger partial charge in [-0.3, -0.25) is 0 Å². The summed E-state index contributed by atoms with van der Waals surface area (Å²) in [5.74, 6) is 2.99. The highest BCUT2D eigenvalue weighted by atomic mass is 16.3. The Bertz CT molecular complexity index is 210. The molecule has 0 heterocycles. The third kappa shape index (κ3) is 4.26. The molecule has 106 valence electrons. The van der Waals surface area contributed by atoms with Gasteiger partial charge in [0.05, 0.1) is 6.10 Å². The molecule has 0 atom stereocenters. The zero-order valence-electron chi connectivity index (χ0n) is 12.2. The lowest BCUT2D eigenvalue weighted by Gasteiger charge is -2.37. The van der Waals surface area contributed by atoms with Gasteiger partial charge in [-0.1, -0.05) is 45.4 Å². The number of unbranched alkanes of at least 4 members (excludes halogenated alkanes) is 2. The van der Waals surface area contributed by atoms with Crippen molar-refractivity contribution >= 4 is 0 Å². The summed E-state index contributed by atoms with van der Waals surface area (Å²) in [6.45, 7) is 2.30. The molecule has 2 aliphatic carbocycles. The molecule has 2 rings (SSSR count). The highest BCUT2D eigenvalue weighted by Gasteiger charge is 2.30. The molecule has 2 saturated carbocycles. The van der Waals surface area contributed by atoms with Gasteiger partial charge in [-0.05, 0) is 56.3 Å². The number of hydrogen-bond donors (Lipinski definition) is 1. The smallest absolute Gasteiger partial charge is 0.0540 e. The van der Waals surface area contributed by atoms with Gasteiger partial charge in [0, 0.05) is 0 Å². The lowest BCUT2D eigenvalue weighted by atomic mass is 9.70. The number of aliphatic hydroxyl groups excluding tert-OH is 1. The van der Waals surface area contributed by atoms with E-state index in [4.69, 9.17) is 0 Å². The van der Waals surface area contributed by atoms with E-state index in [-0.39, 0.29) is 6.10 Å². The van der Waals surface area contributed by atoms with Crippen LogP contribution < -0.4 is 0 Å². The third-order valence-corrected chi connectivity index (χ3v) is 5.52. The van der Waals surface area contributed by atoms with Crippen molar-refractivity contribution in [1.29, 1.82) is 0 Å². The van der Waals surface area contributed by atoms with Crippen LogP contribution in [-0.4, -0.2) is 11.2 Å². The normalized spacial score (nSPS) is 37.7. The average molecular weight is 252 g/mol. The van der Waals surface area contributed by atoms with Crippen molar-refractivity contribution in [3.05, 3.63) is 0 Å². The molecular formula is C17H32O. The molecule has 0 aromatic carbocycles. The molecule has 1 N–H and O–H groups in total. The van der Waals surface area contributed by atoms with Crippen molar-refractivity contribution in [3.8, 4) is 0 Å². The van der Waals surface area contributed by atoms with Crippen LogP contribution in [0.15, 0.2) is 0 Å². The first-order valence-electron chi connectivity index (χ1n) is 8.47. The molecule has 18 heavy (non-hydrogen) atoms. The maximum Gasteiger partial charge on any atom is 0.0540 e. The minimum atomic E-state index is 0.0200. The van der Waals surface area contributed by atoms with Gasteiger partial charge in [-0.2, -0.15) is 0 Å². The van der Waals surface area contributed by atoms with E-state index < -0.39 is 0 Å². The molecule has 0 saturated heterocycles. The first-order valence-corrected chi connectivity index (χ1v) is 8.47. The second kappa shape index (κ2) is 7.53. The van der Waals surface area contributed by atoms with Gasteiger partial charge in [-0.25, -0.2) is 0 Å². The first kappa shape index (κ1) is 14.4. The minimum absolute atomic E-state index is 0.0200. The van der Waals surface area contributed by atoms with E-state index in [0.29, 0.717) is 0 Å². The van der Waals surface area contributed by atoms with Crippen LogP contribution in [0.5, 0.6) is 0 Å². The Balaban J connectivity index is 1.63. The van der Waals surface area contributed by atoms with Crippen molar-refractivity contribution in [2.75, 3.05) is 0 Å². The highest BCUT2D eigenvalue weighted by Crippen LogP contribution is 2.41. The van der Waals surface area contributed by atoms with E-state index in [2.05, 4.69) is 6.92 Å². The van der Waals surface area contributed by atoms with Crippen LogP contribution in [0.3, 0.4) is 0 Å². The lowest BCUT2D eigenvalue weighted by Crippen LogP contribution is -2.27. The van der Waals surface area contributed by atoms with Gasteiger partial charge in [0.25, 0.3) is 0 Å². The summed E-state index contributed by atoms with van der Waals surface area (Å²) in [5.41, 5.74) is 0. The maximum atomic E-state index is 9.59. The molecule has 1 heteroatoms. The van der Waals surface area contributed by atoms with E-state index in [0.717, 1.165) is 30.6 Å². The zero-order chi connectivity index (χ0) is 12.8. The Hall–Kier alpha value is -0.0400. The summed E-state index contributed by atoms with van der Waals surface area (Å²) in [4.78, 5) is 0. The Morgan fingerprint density at radius 3 is 1.89 bits per heavy atom. The molecular weight excluding hydrogens is 220 g/mol. The summed E-state index contributed by atoms with van der Waals surface area (Å²) < 4.78 is 0. The standard InChI is InChI=1S/C17H32O/c1-2-3-4-5-14-6-8-15(9-7-14)16-10-12-17(18)13-11-16/h14-18H,2-13H2,1H3/t14-,15-,16?,17?. The molecule has 0 spiro atoms. The molecule has 0 aromatic heterocycles. The quantitative estimate of drug-likeness (QED) is 0.688. The van der Waals surface area contributed by atoms with Gasteiger partial charge in [0.1, 0.15) is 0 Å². The van der Waals surface area contributed by atoms with Gasteiger partial charge >= 0.3 is 0 Å². The molecule has 0 unspecified atom stereocenters. The van der Waals surface area contributed by atoms with Gasteiger partial charge in [0.15, 0.2) is 0 Å². The third-order valence-electron chi connectivity index (χ3n) is 5.52. The van der Waals surface area contributed by atoms with Crippen LogP contribution in [0.2, 0.25) is 0 Å². The fourth-order valence-electron chi connectivity index (χ4n) is 4.20. The topological polar surface area (TPSA) is 20.2 Å². The second-order valence-corrected chi connectivity index (χ2v) is 6.85. The summed E-state index contributed by atoms with van der Waals surface area (Å²) in [6.07, 6.45) is 16.5. The number of hydrogen-bond acceptors (Lipinski definition) is 1. The van der Waals surface area contributed by atoms with Crippen LogP contribution in [0.4, 0.5) is 0 Å². The number of rotatable bonds is 5. The van der Waals surface area contributed by atoms with E-state index >= 15 is 0 Å². The Morgan fingerprint density at radius 1 is 0.778 bits per heavy atom. The summed E-state index contributed by atoms with van der Waals surface area (Å²) in [7, 11) is 0. The van der Waals surface area contributed by atoms with Crippen molar-refractivity contribution < 1.29 is 5.11 Å². The van der Waals surface area contributed by atoms with Crippen molar-refractivity contribution in [1.82, 2.24) is 0 Å². The van der Waals surface area contributed by atoms with Crippen LogP contribution in [0.25, 0.3) is 0 Å². The van der Waals surface area contributed by atoms with Gasteiger partial charge in [-0.15, -0.1) is 0 Å². The summed E-state index contributed by atoms with van der Waals surface area (Å²) in [6, 6.07) is 0. The van der Waals surface area contributed by atoms with Crippen LogP contribution in [-0.2, 0) is 0 Å². The molecule has 1 nitrogen and oxygen atoms in total. The van der Waals surface area contributed by atoms with Crippen LogP contribution in [0.1, 0.15) is 84.0 Å². The highest BCUT2D eigenvalue weighted by molar-refractivity contribution is 4.81. The predicted octanol–water partition coefficient (Wildman–Crippen LogP) is 4.92. The molecule has 0 aliphatic heterocycles. The molecule has 0 aromatic rings. The molecule has 0 bridgehead atoms. The molecule has 0 amide bonds. The fourth-order valence-corrected chi connectivity index (χ4v) is 4.20. The molecule has 2 fully saturated rings. The Kier molecular flexibility index (Phi) is 6.01. The first-order chi connectivity index (χ1) is 8.79. The molecule has 0 radical (unpaired) electrons. The van der Waals surface area contributed by atoms with Crippen molar-refractivity contribution in [3.63, 3.8) is 0 Å². The average Bonchev–Trinajstić information content (AvgIpc) is 2.41. The lowest BCUT2D eigenvalue weighted by molar-refractivity contribution is 0.0763. The molecule has 2 aliphatic rings. The largest absolute Gasteiger partial charge is 0.393 e. The summed E-state index contributed by atoms with van der Waals surface area (Å²) >= 11 is 0. The zero-order valence-corrected chi connectivity index (χ0v) is 12.2. The van der Waals surface area contributed by atoms with Crippen molar-refractivity contribution in [2.45, 2.75) is 90.1 Å². The maximum absolute atomic E-state index is 9.59. The monoisotopic (exact) mass is 252 g/mol. The van der Waals surface area contributed by atoms with E-state index in [1.54, 1.807) is 0 Å². The minimum Gasteiger partial charge on any atom is -0.393 e. The Morgan fingerprint density at radius 2 is 1.33 bits per heavy atom. The number of aliphatic hydroxyl groups is 1. The SMILES string of the molecule is CCCCC[C@H]1CC[C@H](C2CCC(O)CC2)CC1. The van der Waals surface area contributed by atoms with E-state index in [1.165, 1.54) is 64.2 Å². The second-order valence-electron chi connectivity index (χ2n) is 6.85. The van der Waals surface area contributed by atoms with E-state index in [9.17, 15) is 5.11 Å². The van der Waals surface area contributed by atoms with Crippen LogP contribution in [0, 0.1) is 17.8 Å². The van der Waals surface area contributed by atoms with Gasteiger partial charge in [0.2, 0.25) is 0 Å². The van der Waals surface area contributed by atoms with Crippen LogP contribution >= 0.6 is 0 Å². The fraction of sp³-hybridized carbons (Fsp3) is 1.00. The van der Waals surface area contributed by atoms with Crippen molar-refractivity contribution in [2.24, 2.45) is 17.8 Å². The van der Waals surface area contributed by atoms with E-state index in [1.807, 2.05) is 0 Å². The Labute approximate surface area is 113 Å². The predicted molar refractivity (Wildman–Crippen MR) is 77.6 cm³/mol. The van der Waals surface area contributed by atoms with Gasteiger partial charge < -0.3 is 5.11 Å².